The molecule has 9 heteroatoms. The van der Waals surface area contributed by atoms with Gasteiger partial charge in [0.1, 0.15) is 5.60 Å². The predicted molar refractivity (Wildman–Crippen MR) is 157 cm³/mol. The molecule has 4 rings (SSSR count). The first-order chi connectivity index (χ1) is 18.6. The lowest BCUT2D eigenvalue weighted by Crippen LogP contribution is -2.53. The van der Waals surface area contributed by atoms with Gasteiger partial charge in [0.15, 0.2) is 11.5 Å². The minimum atomic E-state index is -0.601. The van der Waals surface area contributed by atoms with Crippen molar-refractivity contribution in [3.63, 3.8) is 0 Å². The average Bonchev–Trinajstić information content (AvgIpc) is 2.85. The molecule has 1 aromatic carbocycles. The summed E-state index contributed by atoms with van der Waals surface area (Å²) >= 11 is 0. The highest BCUT2D eigenvalue weighted by molar-refractivity contribution is 6.31. The van der Waals surface area contributed by atoms with Crippen LogP contribution in [0, 0.1) is 0 Å². The number of rotatable bonds is 6. The molecule has 2 radical (unpaired) electrons. The quantitative estimate of drug-likeness (QED) is 0.422. The molecular weight excluding hydrogens is 522 g/mol. The average molecular weight is 568 g/mol. The lowest BCUT2D eigenvalue weighted by Gasteiger charge is -2.47. The van der Waals surface area contributed by atoms with Gasteiger partial charge in [0, 0.05) is 43.0 Å². The molecule has 0 bridgehead atoms. The molecule has 2 aliphatic heterocycles. The van der Waals surface area contributed by atoms with Crippen LogP contribution in [0.15, 0.2) is 30.5 Å². The van der Waals surface area contributed by atoms with Crippen molar-refractivity contribution in [1.82, 2.24) is 15.2 Å². The Labute approximate surface area is 241 Å². The Morgan fingerprint density at radius 3 is 2.50 bits per heavy atom. The van der Waals surface area contributed by atoms with E-state index in [2.05, 4.69) is 50.9 Å². The van der Waals surface area contributed by atoms with Crippen LogP contribution in [0.25, 0.3) is 0 Å². The van der Waals surface area contributed by atoms with Crippen molar-refractivity contribution in [1.29, 1.82) is 0 Å². The summed E-state index contributed by atoms with van der Waals surface area (Å²) < 4.78 is 17.5. The van der Waals surface area contributed by atoms with Crippen LogP contribution in [0.5, 0.6) is 11.5 Å². The molecule has 40 heavy (non-hydrogen) atoms. The van der Waals surface area contributed by atoms with Crippen LogP contribution < -0.4 is 10.1 Å². The zero-order valence-corrected chi connectivity index (χ0v) is 26.4. The number of alkyl carbamates (subject to hydrolysis) is 1. The zero-order valence-electron chi connectivity index (χ0n) is 25.4. The highest BCUT2D eigenvalue weighted by Crippen LogP contribution is 2.44. The van der Waals surface area contributed by atoms with Gasteiger partial charge in [0.2, 0.25) is 9.76 Å². The summed E-state index contributed by atoms with van der Waals surface area (Å²) in [6, 6.07) is 7.80. The van der Waals surface area contributed by atoms with Crippen molar-refractivity contribution in [2.45, 2.75) is 102 Å². The molecular formula is C31H45N3O5Si. The minimum absolute atomic E-state index is 0.0369. The van der Waals surface area contributed by atoms with E-state index in [0.717, 1.165) is 41.9 Å². The maximum atomic E-state index is 13.0. The van der Waals surface area contributed by atoms with E-state index in [4.69, 9.17) is 18.9 Å². The number of nitrogens with zero attached hydrogens (tertiary/aromatic N) is 2. The zero-order chi connectivity index (χ0) is 29.5. The molecule has 0 unspecified atom stereocenters. The molecule has 8 nitrogen and oxygen atoms in total. The fourth-order valence-corrected chi connectivity index (χ4v) is 6.18. The summed E-state index contributed by atoms with van der Waals surface area (Å²) in [7, 11) is 1.93. The van der Waals surface area contributed by atoms with Crippen LogP contribution in [0.3, 0.4) is 0 Å². The van der Waals surface area contributed by atoms with Gasteiger partial charge in [-0.3, -0.25) is 9.88 Å². The molecule has 218 valence electrons. The number of phenols is 1. The Balaban J connectivity index is 1.67. The normalized spacial score (nSPS) is 21.8. The molecule has 1 aromatic heterocycles. The van der Waals surface area contributed by atoms with Crippen molar-refractivity contribution in [3.8, 4) is 11.5 Å². The first kappa shape index (κ1) is 30.3. The largest absolute Gasteiger partial charge is 0.504 e. The highest BCUT2D eigenvalue weighted by Gasteiger charge is 2.42. The second-order valence-corrected chi connectivity index (χ2v) is 15.4. The molecule has 2 aliphatic rings. The van der Waals surface area contributed by atoms with E-state index in [1.165, 1.54) is 0 Å². The van der Waals surface area contributed by atoms with E-state index in [1.54, 1.807) is 7.11 Å². The molecule has 3 atom stereocenters. The Morgan fingerprint density at radius 1 is 1.12 bits per heavy atom. The summed E-state index contributed by atoms with van der Waals surface area (Å²) in [5.41, 5.74) is 3.17. The van der Waals surface area contributed by atoms with Gasteiger partial charge in [0.05, 0.1) is 12.7 Å². The van der Waals surface area contributed by atoms with Crippen LogP contribution in [0.4, 0.5) is 4.79 Å². The topological polar surface area (TPSA) is 93.2 Å². The number of fused-ring (bicyclic) bond motifs is 3. The molecule has 1 saturated heterocycles. The number of carbonyl (C=O) groups is 1. The highest BCUT2D eigenvalue weighted by atomic mass is 28.2. The minimum Gasteiger partial charge on any atom is -0.504 e. The third-order valence-corrected chi connectivity index (χ3v) is 8.70. The van der Waals surface area contributed by atoms with Crippen molar-refractivity contribution in [2.75, 3.05) is 20.2 Å². The number of ether oxygens (including phenoxy) is 2. The fraction of sp³-hybridized carbons (Fsp3) is 0.613. The molecule has 2 aromatic rings. The SMILES string of the molecule is COc1cc2c(cc1O)CCN1C[C@@H](c3cc(C(C)(C)O[Si]C(C)(C)C)ccn3)[C@H](NC(=O)OC(C)(C)C)C[C@H]21. The van der Waals surface area contributed by atoms with Gasteiger partial charge in [-0.15, -0.1) is 0 Å². The predicted octanol–water partition coefficient (Wildman–Crippen LogP) is 5.87. The number of phenolic OH excluding ortho intramolecular Hbond substituents is 1. The molecule has 1 fully saturated rings. The number of benzene rings is 1. The number of aromatic nitrogens is 1. The first-order valence-electron chi connectivity index (χ1n) is 14.1. The Morgan fingerprint density at radius 2 is 1.85 bits per heavy atom. The fourth-order valence-electron chi connectivity index (χ4n) is 5.50. The lowest BCUT2D eigenvalue weighted by atomic mass is 9.78. The Bertz CT molecular complexity index is 1220. The number of methoxy groups -OCH3 is 1. The second-order valence-electron chi connectivity index (χ2n) is 13.5. The van der Waals surface area contributed by atoms with Gasteiger partial charge in [-0.2, -0.15) is 0 Å². The molecule has 0 aliphatic carbocycles. The maximum Gasteiger partial charge on any atom is 0.407 e. The van der Waals surface area contributed by atoms with Crippen LogP contribution in [0.2, 0.25) is 5.04 Å². The van der Waals surface area contributed by atoms with Gasteiger partial charge in [0.25, 0.3) is 0 Å². The number of pyridine rings is 1. The summed E-state index contributed by atoms with van der Waals surface area (Å²) in [4.78, 5) is 20.3. The summed E-state index contributed by atoms with van der Waals surface area (Å²) in [6.07, 6.45) is 2.94. The van der Waals surface area contributed by atoms with Crippen LogP contribution in [-0.4, -0.2) is 62.7 Å². The van der Waals surface area contributed by atoms with E-state index in [9.17, 15) is 9.90 Å². The van der Waals surface area contributed by atoms with Crippen molar-refractivity contribution in [2.24, 2.45) is 0 Å². The van der Waals surface area contributed by atoms with Gasteiger partial charge >= 0.3 is 6.09 Å². The third-order valence-electron chi connectivity index (χ3n) is 7.47. The van der Waals surface area contributed by atoms with Gasteiger partial charge in [-0.25, -0.2) is 4.79 Å². The number of nitrogens with one attached hydrogen (secondary N) is 1. The van der Waals surface area contributed by atoms with Gasteiger partial charge < -0.3 is 24.3 Å². The van der Waals surface area contributed by atoms with Crippen molar-refractivity contribution in [3.05, 3.63) is 52.8 Å². The summed E-state index contributed by atoms with van der Waals surface area (Å²) in [5.74, 6) is 0.585. The third kappa shape index (κ3) is 7.17. The van der Waals surface area contributed by atoms with Crippen molar-refractivity contribution < 1.29 is 23.8 Å². The number of carbonyl (C=O) groups excluding carboxylic acids is 1. The summed E-state index contributed by atoms with van der Waals surface area (Å²) in [5, 5.41) is 13.7. The van der Waals surface area contributed by atoms with E-state index >= 15 is 0 Å². The van der Waals surface area contributed by atoms with E-state index in [-0.39, 0.29) is 28.8 Å². The smallest absolute Gasteiger partial charge is 0.407 e. The summed E-state index contributed by atoms with van der Waals surface area (Å²) in [6.45, 7) is 17.9. The number of piperidine rings is 1. The molecule has 0 spiro atoms. The van der Waals surface area contributed by atoms with E-state index in [1.807, 2.05) is 45.2 Å². The maximum absolute atomic E-state index is 13.0. The van der Waals surface area contributed by atoms with E-state index < -0.39 is 17.3 Å². The number of hydrogen-bond acceptors (Lipinski definition) is 7. The number of aromatic hydroxyl groups is 1. The van der Waals surface area contributed by atoms with Crippen molar-refractivity contribution >= 4 is 15.9 Å². The lowest BCUT2D eigenvalue weighted by molar-refractivity contribution is 0.0410. The molecule has 2 N–H and O–H groups in total. The number of amides is 1. The molecule has 0 saturated carbocycles. The van der Waals surface area contributed by atoms with Crippen LogP contribution in [-0.2, 0) is 21.2 Å². The van der Waals surface area contributed by atoms with Gasteiger partial charge in [-0.1, -0.05) is 20.8 Å². The first-order valence-corrected chi connectivity index (χ1v) is 15.0. The van der Waals surface area contributed by atoms with Crippen LogP contribution in [0.1, 0.15) is 96.2 Å². The molecule has 3 heterocycles. The molecule has 1 amide bonds. The second kappa shape index (κ2) is 11.3. The van der Waals surface area contributed by atoms with Gasteiger partial charge in [-0.05, 0) is 93.5 Å². The van der Waals surface area contributed by atoms with E-state index in [0.29, 0.717) is 21.9 Å². The monoisotopic (exact) mass is 567 g/mol. The Kier molecular flexibility index (Phi) is 8.60. The Hall–Kier alpha value is -2.62. The standard InChI is InChI=1S/C31H45N3O5Si/c1-29(2,3)38-28(36)33-24-17-25-21-16-27(37-9)26(35)14-19(21)11-13-34(25)18-22(24)23-15-20(10-12-32-23)31(7,8)39-40-30(4,5)6/h10,12,14-16,22,24-25,35H,11,13,17-18H2,1-9H3,(H,33,36)/t22-,24+,25+/m0/s1. The van der Waals surface area contributed by atoms with Crippen LogP contribution >= 0.6 is 0 Å². The number of hydrogen-bond donors (Lipinski definition) is 2.